The number of aromatic nitrogens is 3. The topological polar surface area (TPSA) is 73.0 Å². The maximum Gasteiger partial charge on any atom is 0.160 e. The number of hydrogen-bond acceptors (Lipinski definition) is 8. The Morgan fingerprint density at radius 2 is 1.62 bits per heavy atom. The molecule has 8 nitrogen and oxygen atoms in total. The zero-order chi connectivity index (χ0) is 30.7. The molecule has 3 fully saturated rings. The van der Waals surface area contributed by atoms with Gasteiger partial charge < -0.3 is 14.9 Å². The molecule has 6 heterocycles. The first-order chi connectivity index (χ1) is 21.8. The average molecular weight is 622 g/mol. The van der Waals surface area contributed by atoms with E-state index in [0.717, 1.165) is 88.1 Å². The minimum atomic E-state index is -0.537. The first-order valence-corrected chi connectivity index (χ1v) is 17.3. The van der Waals surface area contributed by atoms with Gasteiger partial charge in [-0.2, -0.15) is 0 Å². The number of rotatable bonds is 7. The SMILES string of the molecule is Cc1sc2c(c1C)C(c1ccc(N3CC(CN4CCC(O)(CN5CC(c6ccccc6)C5)CC4)C3)cc1)=NCc1nnc(C)n1-2. The van der Waals surface area contributed by atoms with Crippen LogP contribution in [0.5, 0.6) is 0 Å². The van der Waals surface area contributed by atoms with Crippen molar-refractivity contribution in [2.75, 3.05) is 57.3 Å². The summed E-state index contributed by atoms with van der Waals surface area (Å²) in [6.45, 7) is 15.2. The van der Waals surface area contributed by atoms with Crippen molar-refractivity contribution < 1.29 is 5.11 Å². The molecule has 0 bridgehead atoms. The van der Waals surface area contributed by atoms with Gasteiger partial charge in [0.1, 0.15) is 17.4 Å². The van der Waals surface area contributed by atoms with E-state index in [4.69, 9.17) is 4.99 Å². The van der Waals surface area contributed by atoms with Gasteiger partial charge in [0.05, 0.1) is 11.3 Å². The monoisotopic (exact) mass is 621 g/mol. The summed E-state index contributed by atoms with van der Waals surface area (Å²) in [5, 5.41) is 21.3. The van der Waals surface area contributed by atoms with E-state index in [1.54, 1.807) is 11.3 Å². The maximum absolute atomic E-state index is 11.3. The third-order valence-corrected chi connectivity index (χ3v) is 11.8. The van der Waals surface area contributed by atoms with Crippen LogP contribution < -0.4 is 4.90 Å². The van der Waals surface area contributed by atoms with Crippen LogP contribution in [0.15, 0.2) is 59.6 Å². The molecule has 4 aromatic rings. The van der Waals surface area contributed by atoms with Crippen LogP contribution in [-0.4, -0.2) is 93.3 Å². The van der Waals surface area contributed by atoms with Gasteiger partial charge in [0.25, 0.3) is 0 Å². The summed E-state index contributed by atoms with van der Waals surface area (Å²) < 4.78 is 2.18. The van der Waals surface area contributed by atoms with Crippen molar-refractivity contribution in [3.63, 3.8) is 0 Å². The molecule has 2 aromatic carbocycles. The number of likely N-dealkylation sites (tertiary alicyclic amines) is 2. The van der Waals surface area contributed by atoms with Gasteiger partial charge in [-0.1, -0.05) is 42.5 Å². The summed E-state index contributed by atoms with van der Waals surface area (Å²) in [4.78, 5) is 13.9. The van der Waals surface area contributed by atoms with Crippen LogP contribution in [0.25, 0.3) is 5.00 Å². The van der Waals surface area contributed by atoms with Crippen molar-refractivity contribution in [1.29, 1.82) is 0 Å². The minimum Gasteiger partial charge on any atom is -0.388 e. The fraction of sp³-hybridized carbons (Fsp3) is 0.472. The summed E-state index contributed by atoms with van der Waals surface area (Å²) in [6.07, 6.45) is 1.76. The Kier molecular flexibility index (Phi) is 7.40. The maximum atomic E-state index is 11.3. The lowest BCUT2D eigenvalue weighted by atomic mass is 9.85. The van der Waals surface area contributed by atoms with E-state index >= 15 is 0 Å². The highest BCUT2D eigenvalue weighted by atomic mass is 32.1. The van der Waals surface area contributed by atoms with Gasteiger partial charge in [-0.15, -0.1) is 21.5 Å². The van der Waals surface area contributed by atoms with Crippen molar-refractivity contribution in [2.24, 2.45) is 10.9 Å². The Balaban J connectivity index is 0.835. The van der Waals surface area contributed by atoms with Gasteiger partial charge in [-0.05, 0) is 56.9 Å². The summed E-state index contributed by atoms with van der Waals surface area (Å²) >= 11 is 1.80. The van der Waals surface area contributed by atoms with Crippen LogP contribution in [0, 0.1) is 26.7 Å². The lowest BCUT2D eigenvalue weighted by Gasteiger charge is -2.48. The molecule has 0 atom stereocenters. The number of piperidine rings is 1. The van der Waals surface area contributed by atoms with Gasteiger partial charge in [-0.25, -0.2) is 0 Å². The standard InChI is InChI=1S/C36H43N7OS/c1-24-25(2)45-35-33(24)34(37-17-32-39-38-26(3)43(32)35)29-9-11-31(12-10-29)42-19-27(20-42)18-40-15-13-36(44,14-16-40)23-41-21-30(22-41)28-7-5-4-6-8-28/h4-12,27,30,44H,13-23H2,1-3H3. The van der Waals surface area contributed by atoms with Crippen LogP contribution in [0.1, 0.15) is 57.5 Å². The van der Waals surface area contributed by atoms with E-state index in [0.29, 0.717) is 18.4 Å². The number of fused-ring (bicyclic) bond motifs is 3. The summed E-state index contributed by atoms with van der Waals surface area (Å²) in [5.74, 6) is 3.12. The highest BCUT2D eigenvalue weighted by Crippen LogP contribution is 2.37. The molecule has 0 unspecified atom stereocenters. The number of nitrogens with zero attached hydrogens (tertiary/aromatic N) is 7. The van der Waals surface area contributed by atoms with Crippen LogP contribution in [0.4, 0.5) is 5.69 Å². The second-order valence-electron chi connectivity index (χ2n) is 13.8. The predicted molar refractivity (Wildman–Crippen MR) is 181 cm³/mol. The van der Waals surface area contributed by atoms with Gasteiger partial charge in [-0.3, -0.25) is 14.5 Å². The van der Waals surface area contributed by atoms with E-state index in [1.807, 2.05) is 6.92 Å². The number of hydrogen-bond donors (Lipinski definition) is 1. The Bertz CT molecular complexity index is 1710. The number of β-amino-alcohol motifs (C(OH)–C–C–N with tert-alkyl or cyclic N) is 1. The van der Waals surface area contributed by atoms with Crippen molar-refractivity contribution in [3.8, 4) is 5.00 Å². The van der Waals surface area contributed by atoms with E-state index in [1.165, 1.54) is 32.3 Å². The van der Waals surface area contributed by atoms with Gasteiger partial charge in [0.15, 0.2) is 5.82 Å². The Hall–Kier alpha value is -3.37. The molecule has 0 amide bonds. The summed E-state index contributed by atoms with van der Waals surface area (Å²) in [5.41, 5.74) is 6.89. The number of anilines is 1. The molecular weight excluding hydrogens is 579 g/mol. The normalized spacial score (nSPS) is 20.6. The molecule has 3 saturated heterocycles. The van der Waals surface area contributed by atoms with Crippen LogP contribution in [0.2, 0.25) is 0 Å². The van der Waals surface area contributed by atoms with E-state index in [2.05, 4.69) is 97.9 Å². The molecular formula is C36H43N7OS. The fourth-order valence-corrected chi connectivity index (χ4v) is 8.96. The third kappa shape index (κ3) is 5.43. The minimum absolute atomic E-state index is 0.534. The number of aliphatic imine (C=N–C) groups is 1. The number of aryl methyl sites for hydroxylation is 2. The summed E-state index contributed by atoms with van der Waals surface area (Å²) in [7, 11) is 0. The highest BCUT2D eigenvalue weighted by molar-refractivity contribution is 7.15. The molecule has 0 saturated carbocycles. The van der Waals surface area contributed by atoms with E-state index in [9.17, 15) is 5.11 Å². The number of aliphatic hydroxyl groups is 1. The number of thiophene rings is 1. The predicted octanol–water partition coefficient (Wildman–Crippen LogP) is 4.97. The van der Waals surface area contributed by atoms with Crippen LogP contribution >= 0.6 is 11.3 Å². The molecule has 0 radical (unpaired) electrons. The second kappa shape index (κ2) is 11.5. The molecule has 45 heavy (non-hydrogen) atoms. The molecule has 234 valence electrons. The first kappa shape index (κ1) is 29.1. The summed E-state index contributed by atoms with van der Waals surface area (Å²) in [6, 6.07) is 19.8. The van der Waals surface area contributed by atoms with E-state index in [-0.39, 0.29) is 0 Å². The Morgan fingerprint density at radius 3 is 2.36 bits per heavy atom. The Morgan fingerprint density at radius 1 is 0.889 bits per heavy atom. The van der Waals surface area contributed by atoms with Crippen molar-refractivity contribution in [1.82, 2.24) is 24.6 Å². The molecule has 8 rings (SSSR count). The fourth-order valence-electron chi connectivity index (χ4n) is 7.74. The zero-order valence-corrected chi connectivity index (χ0v) is 27.4. The molecule has 2 aromatic heterocycles. The zero-order valence-electron chi connectivity index (χ0n) is 26.6. The van der Waals surface area contributed by atoms with Gasteiger partial charge in [0.2, 0.25) is 0 Å². The smallest absolute Gasteiger partial charge is 0.160 e. The molecule has 4 aliphatic heterocycles. The van der Waals surface area contributed by atoms with Gasteiger partial charge >= 0.3 is 0 Å². The second-order valence-corrected chi connectivity index (χ2v) is 15.0. The molecule has 0 spiro atoms. The lowest BCUT2D eigenvalue weighted by molar-refractivity contribution is -0.0620. The van der Waals surface area contributed by atoms with Crippen molar-refractivity contribution in [3.05, 3.63) is 93.4 Å². The number of benzene rings is 2. The van der Waals surface area contributed by atoms with Crippen LogP contribution in [-0.2, 0) is 6.54 Å². The lowest BCUT2D eigenvalue weighted by Crippen LogP contribution is -2.57. The molecule has 9 heteroatoms. The average Bonchev–Trinajstić information content (AvgIpc) is 3.46. The molecule has 1 N–H and O–H groups in total. The molecule has 4 aliphatic rings. The van der Waals surface area contributed by atoms with Crippen molar-refractivity contribution >= 4 is 22.7 Å². The highest BCUT2D eigenvalue weighted by Gasteiger charge is 2.39. The largest absolute Gasteiger partial charge is 0.388 e. The third-order valence-electron chi connectivity index (χ3n) is 10.6. The van der Waals surface area contributed by atoms with E-state index < -0.39 is 5.60 Å². The van der Waals surface area contributed by atoms with Crippen molar-refractivity contribution in [2.45, 2.75) is 51.7 Å². The van der Waals surface area contributed by atoms with Crippen LogP contribution in [0.3, 0.4) is 0 Å². The first-order valence-electron chi connectivity index (χ1n) is 16.5. The molecule has 0 aliphatic carbocycles. The quantitative estimate of drug-likeness (QED) is 0.314. The van der Waals surface area contributed by atoms with Gasteiger partial charge in [0, 0.05) is 85.9 Å². The Labute approximate surface area is 270 Å².